The van der Waals surface area contributed by atoms with Crippen LogP contribution in [0.25, 0.3) is 0 Å². The zero-order valence-corrected chi connectivity index (χ0v) is 12.5. The first-order valence-corrected chi connectivity index (χ1v) is 7.54. The van der Waals surface area contributed by atoms with Gasteiger partial charge in [-0.15, -0.1) is 0 Å². The highest BCUT2D eigenvalue weighted by atomic mass is 32.2. The van der Waals surface area contributed by atoms with Crippen molar-refractivity contribution in [3.05, 3.63) is 39.4 Å². The molecule has 0 saturated carbocycles. The van der Waals surface area contributed by atoms with E-state index in [9.17, 15) is 23.7 Å². The summed E-state index contributed by atoms with van der Waals surface area (Å²) in [6.45, 7) is 3.77. The lowest BCUT2D eigenvalue weighted by Gasteiger charge is -2.13. The molecule has 0 bridgehead atoms. The number of thioether (sulfide) groups is 1. The molecule has 0 spiro atoms. The van der Waals surface area contributed by atoms with E-state index in [1.54, 1.807) is 18.7 Å². The SMILES string of the molecule is CCSCCC(C)NC(=O)c1cc(F)c([N+](=O)[O-])cc1F. The number of nitro benzene ring substituents is 1. The van der Waals surface area contributed by atoms with E-state index >= 15 is 0 Å². The maximum atomic E-state index is 13.7. The molecule has 1 N–H and O–H groups in total. The highest BCUT2D eigenvalue weighted by Crippen LogP contribution is 2.21. The highest BCUT2D eigenvalue weighted by Gasteiger charge is 2.22. The van der Waals surface area contributed by atoms with Crippen LogP contribution in [0, 0.1) is 21.7 Å². The number of amides is 1. The Morgan fingerprint density at radius 3 is 2.67 bits per heavy atom. The van der Waals surface area contributed by atoms with Crippen molar-refractivity contribution in [1.29, 1.82) is 0 Å². The predicted octanol–water partition coefficient (Wildman–Crippen LogP) is 3.13. The summed E-state index contributed by atoms with van der Waals surface area (Å²) < 4.78 is 27.1. The van der Waals surface area contributed by atoms with Gasteiger partial charge >= 0.3 is 5.69 Å². The summed E-state index contributed by atoms with van der Waals surface area (Å²) >= 11 is 1.71. The second-order valence-electron chi connectivity index (χ2n) is 4.40. The molecule has 1 unspecified atom stereocenters. The number of carbonyl (C=O) groups is 1. The lowest BCUT2D eigenvalue weighted by atomic mass is 10.1. The first-order valence-electron chi connectivity index (χ1n) is 6.38. The molecule has 0 saturated heterocycles. The number of benzene rings is 1. The lowest BCUT2D eigenvalue weighted by molar-refractivity contribution is -0.387. The number of hydrogen-bond donors (Lipinski definition) is 1. The molecule has 1 atom stereocenters. The number of rotatable bonds is 7. The Morgan fingerprint density at radius 1 is 1.43 bits per heavy atom. The van der Waals surface area contributed by atoms with Crippen molar-refractivity contribution in [2.75, 3.05) is 11.5 Å². The van der Waals surface area contributed by atoms with Crippen LogP contribution in [-0.4, -0.2) is 28.4 Å². The largest absolute Gasteiger partial charge is 0.349 e. The summed E-state index contributed by atoms with van der Waals surface area (Å²) in [4.78, 5) is 21.3. The minimum absolute atomic E-state index is 0.200. The van der Waals surface area contributed by atoms with E-state index in [0.29, 0.717) is 18.6 Å². The Morgan fingerprint density at radius 2 is 2.10 bits per heavy atom. The average molecular weight is 318 g/mol. The Balaban J connectivity index is 2.79. The van der Waals surface area contributed by atoms with Gasteiger partial charge in [-0.2, -0.15) is 16.2 Å². The first-order chi connectivity index (χ1) is 9.86. The van der Waals surface area contributed by atoms with E-state index < -0.39 is 33.7 Å². The van der Waals surface area contributed by atoms with Gasteiger partial charge in [-0.1, -0.05) is 6.92 Å². The van der Waals surface area contributed by atoms with Crippen molar-refractivity contribution in [3.63, 3.8) is 0 Å². The van der Waals surface area contributed by atoms with Gasteiger partial charge in [0.1, 0.15) is 5.82 Å². The topological polar surface area (TPSA) is 72.2 Å². The van der Waals surface area contributed by atoms with Gasteiger partial charge in [-0.25, -0.2) is 4.39 Å². The number of carbonyl (C=O) groups excluding carboxylic acids is 1. The standard InChI is InChI=1S/C13H16F2N2O3S/c1-3-21-5-4-8(2)16-13(18)9-6-11(15)12(17(19)20)7-10(9)14/h6-8H,3-5H2,1-2H3,(H,16,18). The fraction of sp³-hybridized carbons (Fsp3) is 0.462. The number of hydrogen-bond acceptors (Lipinski definition) is 4. The van der Waals surface area contributed by atoms with Crippen LogP contribution in [-0.2, 0) is 0 Å². The maximum absolute atomic E-state index is 13.7. The van der Waals surface area contributed by atoms with Gasteiger partial charge in [0.05, 0.1) is 16.6 Å². The van der Waals surface area contributed by atoms with Crippen LogP contribution >= 0.6 is 11.8 Å². The summed E-state index contributed by atoms with van der Waals surface area (Å²) in [5, 5.41) is 13.0. The van der Waals surface area contributed by atoms with E-state index in [-0.39, 0.29) is 6.04 Å². The molecule has 21 heavy (non-hydrogen) atoms. The highest BCUT2D eigenvalue weighted by molar-refractivity contribution is 7.99. The monoisotopic (exact) mass is 318 g/mol. The third-order valence-corrected chi connectivity index (χ3v) is 3.69. The van der Waals surface area contributed by atoms with Crippen molar-refractivity contribution in [2.24, 2.45) is 0 Å². The fourth-order valence-corrected chi connectivity index (χ4v) is 2.44. The van der Waals surface area contributed by atoms with Crippen LogP contribution in [0.5, 0.6) is 0 Å². The molecule has 116 valence electrons. The first kappa shape index (κ1) is 17.4. The zero-order valence-electron chi connectivity index (χ0n) is 11.7. The lowest BCUT2D eigenvalue weighted by Crippen LogP contribution is -2.33. The van der Waals surface area contributed by atoms with E-state index in [0.717, 1.165) is 11.5 Å². The quantitative estimate of drug-likeness (QED) is 0.476. The van der Waals surface area contributed by atoms with Crippen LogP contribution in [0.1, 0.15) is 30.6 Å². The molecular formula is C13H16F2N2O3S. The summed E-state index contributed by atoms with van der Waals surface area (Å²) in [5.74, 6) is -1.33. The molecule has 1 aromatic rings. The molecule has 0 fully saturated rings. The minimum atomic E-state index is -1.24. The Hall–Kier alpha value is -1.70. The van der Waals surface area contributed by atoms with Crippen LogP contribution in [0.15, 0.2) is 12.1 Å². The Kier molecular flexibility index (Phi) is 6.54. The molecule has 8 heteroatoms. The van der Waals surface area contributed by atoms with E-state index in [2.05, 4.69) is 5.32 Å². The number of nitrogens with one attached hydrogen (secondary N) is 1. The zero-order chi connectivity index (χ0) is 16.0. The Bertz CT molecular complexity index is 540. The molecule has 1 rings (SSSR count). The third kappa shape index (κ3) is 4.96. The molecule has 0 aliphatic carbocycles. The predicted molar refractivity (Wildman–Crippen MR) is 77.6 cm³/mol. The molecule has 0 heterocycles. The van der Waals surface area contributed by atoms with E-state index in [4.69, 9.17) is 0 Å². The Labute approximate surface area is 125 Å². The van der Waals surface area contributed by atoms with E-state index in [1.807, 2.05) is 6.92 Å². The summed E-state index contributed by atoms with van der Waals surface area (Å²) in [6.07, 6.45) is 0.696. The summed E-state index contributed by atoms with van der Waals surface area (Å²) in [6, 6.07) is 0.771. The van der Waals surface area contributed by atoms with Crippen molar-refractivity contribution in [3.8, 4) is 0 Å². The summed E-state index contributed by atoms with van der Waals surface area (Å²) in [5.41, 5.74) is -1.52. The number of nitro groups is 1. The molecule has 0 radical (unpaired) electrons. The fourth-order valence-electron chi connectivity index (χ4n) is 1.63. The smallest absolute Gasteiger partial charge is 0.307 e. The maximum Gasteiger partial charge on any atom is 0.307 e. The van der Waals surface area contributed by atoms with E-state index in [1.165, 1.54) is 0 Å². The normalized spacial score (nSPS) is 12.0. The molecular weight excluding hydrogens is 302 g/mol. The van der Waals surface area contributed by atoms with Crippen LogP contribution in [0.3, 0.4) is 0 Å². The van der Waals surface area contributed by atoms with Crippen LogP contribution in [0.4, 0.5) is 14.5 Å². The number of nitrogens with zero attached hydrogens (tertiary/aromatic N) is 1. The number of halogens is 2. The van der Waals surface area contributed by atoms with Crippen molar-refractivity contribution < 1.29 is 18.5 Å². The van der Waals surface area contributed by atoms with Gasteiger partial charge in [0.15, 0.2) is 0 Å². The van der Waals surface area contributed by atoms with Crippen molar-refractivity contribution in [1.82, 2.24) is 5.32 Å². The van der Waals surface area contributed by atoms with Crippen LogP contribution in [0.2, 0.25) is 0 Å². The summed E-state index contributed by atoms with van der Waals surface area (Å²) in [7, 11) is 0. The second-order valence-corrected chi connectivity index (χ2v) is 5.79. The van der Waals surface area contributed by atoms with Gasteiger partial charge in [-0.3, -0.25) is 14.9 Å². The van der Waals surface area contributed by atoms with Gasteiger partial charge in [0, 0.05) is 6.04 Å². The molecule has 1 aromatic carbocycles. The van der Waals surface area contributed by atoms with Crippen LogP contribution < -0.4 is 5.32 Å². The van der Waals surface area contributed by atoms with Crippen molar-refractivity contribution in [2.45, 2.75) is 26.3 Å². The van der Waals surface area contributed by atoms with Gasteiger partial charge in [0.25, 0.3) is 5.91 Å². The average Bonchev–Trinajstić information content (AvgIpc) is 2.40. The van der Waals surface area contributed by atoms with Gasteiger partial charge in [0.2, 0.25) is 5.82 Å². The third-order valence-electron chi connectivity index (χ3n) is 2.75. The van der Waals surface area contributed by atoms with Gasteiger partial charge < -0.3 is 5.32 Å². The minimum Gasteiger partial charge on any atom is -0.349 e. The van der Waals surface area contributed by atoms with Gasteiger partial charge in [-0.05, 0) is 30.9 Å². The second kappa shape index (κ2) is 7.92. The molecule has 0 aromatic heterocycles. The molecule has 5 nitrogen and oxygen atoms in total. The molecule has 0 aliphatic heterocycles. The molecule has 0 aliphatic rings. The van der Waals surface area contributed by atoms with Crippen molar-refractivity contribution >= 4 is 23.4 Å². The molecule has 1 amide bonds.